The van der Waals surface area contributed by atoms with Crippen LogP contribution in [0.15, 0.2) is 29.3 Å². The Morgan fingerprint density at radius 2 is 2.28 bits per heavy atom. The molecule has 0 spiro atoms. The highest BCUT2D eigenvalue weighted by molar-refractivity contribution is 14.0. The maximum absolute atomic E-state index is 12.9. The second-order valence-corrected chi connectivity index (χ2v) is 3.83. The van der Waals surface area contributed by atoms with Gasteiger partial charge in [-0.2, -0.15) is 0 Å². The predicted molar refractivity (Wildman–Crippen MR) is 81.6 cm³/mol. The van der Waals surface area contributed by atoms with Gasteiger partial charge >= 0.3 is 0 Å². The molecule has 1 unspecified atom stereocenters. The van der Waals surface area contributed by atoms with E-state index >= 15 is 0 Å². The quantitative estimate of drug-likeness (QED) is 0.475. The molecule has 0 bridgehead atoms. The summed E-state index contributed by atoms with van der Waals surface area (Å²) < 4.78 is 17.9. The first-order valence-corrected chi connectivity index (χ1v) is 5.41. The van der Waals surface area contributed by atoms with E-state index in [1.165, 1.54) is 12.1 Å². The lowest BCUT2D eigenvalue weighted by molar-refractivity contribution is 0.179. The summed E-state index contributed by atoms with van der Waals surface area (Å²) in [5.74, 6) is 0.0655. The highest BCUT2D eigenvalue weighted by atomic mass is 127. The summed E-state index contributed by atoms with van der Waals surface area (Å²) in [6.45, 7) is 2.85. The Kier molecular flexibility index (Phi) is 8.65. The van der Waals surface area contributed by atoms with Gasteiger partial charge in [0.05, 0.1) is 13.2 Å². The zero-order valence-corrected chi connectivity index (χ0v) is 12.9. The lowest BCUT2D eigenvalue weighted by atomic mass is 10.2. The average molecular weight is 367 g/mol. The Bertz CT molecular complexity index is 387. The first kappa shape index (κ1) is 17.1. The van der Waals surface area contributed by atoms with Crippen LogP contribution in [0.3, 0.4) is 0 Å². The molecule has 0 saturated carbocycles. The lowest BCUT2D eigenvalue weighted by Crippen LogP contribution is -2.40. The van der Waals surface area contributed by atoms with E-state index in [1.807, 2.05) is 6.92 Å². The molecule has 0 fully saturated rings. The van der Waals surface area contributed by atoms with Crippen molar-refractivity contribution in [3.63, 3.8) is 0 Å². The number of halogens is 2. The minimum atomic E-state index is -0.267. The molecule has 0 aliphatic rings. The summed E-state index contributed by atoms with van der Waals surface area (Å²) in [4.78, 5) is 4.12. The van der Waals surface area contributed by atoms with E-state index in [2.05, 4.69) is 10.3 Å². The van der Waals surface area contributed by atoms with Crippen molar-refractivity contribution in [2.75, 3.05) is 13.7 Å². The summed E-state index contributed by atoms with van der Waals surface area (Å²) in [5.41, 5.74) is 6.47. The predicted octanol–water partition coefficient (Wildman–Crippen LogP) is 1.88. The van der Waals surface area contributed by atoms with Gasteiger partial charge in [0.1, 0.15) is 5.82 Å². The van der Waals surface area contributed by atoms with Gasteiger partial charge in [0.2, 0.25) is 0 Å². The van der Waals surface area contributed by atoms with E-state index in [9.17, 15) is 4.39 Å². The van der Waals surface area contributed by atoms with Crippen molar-refractivity contribution in [1.82, 2.24) is 5.32 Å². The summed E-state index contributed by atoms with van der Waals surface area (Å²) in [6.07, 6.45) is 0. The molecule has 1 rings (SSSR count). The molecule has 0 radical (unpaired) electrons. The van der Waals surface area contributed by atoms with Crippen LogP contribution in [-0.2, 0) is 11.3 Å². The van der Waals surface area contributed by atoms with Crippen LogP contribution in [-0.4, -0.2) is 25.7 Å². The van der Waals surface area contributed by atoms with E-state index < -0.39 is 0 Å². The maximum atomic E-state index is 12.9. The molecule has 0 saturated heterocycles. The number of hydrogen-bond donors (Lipinski definition) is 2. The molecule has 0 aromatic heterocycles. The minimum absolute atomic E-state index is 0. The number of nitrogens with one attached hydrogen (secondary N) is 1. The summed E-state index contributed by atoms with van der Waals surface area (Å²) in [5, 5.41) is 2.97. The number of nitrogens with zero attached hydrogens (tertiary/aromatic N) is 1. The van der Waals surface area contributed by atoms with Gasteiger partial charge in [0, 0.05) is 13.2 Å². The van der Waals surface area contributed by atoms with Crippen LogP contribution in [0.4, 0.5) is 4.39 Å². The van der Waals surface area contributed by atoms with Gasteiger partial charge in [-0.25, -0.2) is 9.38 Å². The minimum Gasteiger partial charge on any atom is -0.383 e. The molecular weight excluding hydrogens is 348 g/mol. The SMILES string of the molecule is COCC(C)NC(N)=NCc1cccc(F)c1.I. The third-order valence-corrected chi connectivity index (χ3v) is 2.13. The molecule has 1 aromatic rings. The fourth-order valence-corrected chi connectivity index (χ4v) is 1.40. The number of hydrogen-bond acceptors (Lipinski definition) is 2. The van der Waals surface area contributed by atoms with Crippen LogP contribution in [0.1, 0.15) is 12.5 Å². The Balaban J connectivity index is 0.00000289. The third kappa shape index (κ3) is 6.75. The number of guanidine groups is 1. The van der Waals surface area contributed by atoms with Crippen molar-refractivity contribution in [3.05, 3.63) is 35.6 Å². The van der Waals surface area contributed by atoms with Gasteiger partial charge in [-0.15, -0.1) is 24.0 Å². The zero-order valence-electron chi connectivity index (χ0n) is 10.5. The molecule has 3 N–H and O–H groups in total. The maximum Gasteiger partial charge on any atom is 0.189 e. The van der Waals surface area contributed by atoms with Crippen LogP contribution in [0.25, 0.3) is 0 Å². The molecule has 1 atom stereocenters. The lowest BCUT2D eigenvalue weighted by Gasteiger charge is -2.12. The number of aliphatic imine (C=N–C) groups is 1. The third-order valence-electron chi connectivity index (χ3n) is 2.13. The monoisotopic (exact) mass is 367 g/mol. The molecule has 0 heterocycles. The van der Waals surface area contributed by atoms with E-state index in [-0.39, 0.29) is 35.8 Å². The highest BCUT2D eigenvalue weighted by Crippen LogP contribution is 2.04. The van der Waals surface area contributed by atoms with Crippen molar-refractivity contribution in [2.45, 2.75) is 19.5 Å². The fourth-order valence-electron chi connectivity index (χ4n) is 1.40. The van der Waals surface area contributed by atoms with Gasteiger partial charge in [-0.05, 0) is 24.6 Å². The highest BCUT2D eigenvalue weighted by Gasteiger charge is 2.01. The summed E-state index contributed by atoms with van der Waals surface area (Å²) in [6, 6.07) is 6.39. The molecule has 0 amide bonds. The molecule has 0 aliphatic heterocycles. The zero-order chi connectivity index (χ0) is 12.7. The number of rotatable bonds is 5. The van der Waals surface area contributed by atoms with E-state index in [1.54, 1.807) is 19.2 Å². The molecule has 0 aliphatic carbocycles. The van der Waals surface area contributed by atoms with Gasteiger partial charge in [-0.3, -0.25) is 0 Å². The van der Waals surface area contributed by atoms with Crippen molar-refractivity contribution in [2.24, 2.45) is 10.7 Å². The molecule has 18 heavy (non-hydrogen) atoms. The molecule has 4 nitrogen and oxygen atoms in total. The van der Waals surface area contributed by atoms with E-state index in [0.29, 0.717) is 19.1 Å². The molecule has 102 valence electrons. The first-order chi connectivity index (χ1) is 8.11. The van der Waals surface area contributed by atoms with Gasteiger partial charge in [0.15, 0.2) is 5.96 Å². The smallest absolute Gasteiger partial charge is 0.189 e. The summed E-state index contributed by atoms with van der Waals surface area (Å²) >= 11 is 0. The normalized spacial score (nSPS) is 12.7. The summed E-state index contributed by atoms with van der Waals surface area (Å²) in [7, 11) is 1.62. The number of nitrogens with two attached hydrogens (primary N) is 1. The van der Waals surface area contributed by atoms with Crippen LogP contribution < -0.4 is 11.1 Å². The number of methoxy groups -OCH3 is 1. The number of benzene rings is 1. The van der Waals surface area contributed by atoms with Gasteiger partial charge in [-0.1, -0.05) is 12.1 Å². The first-order valence-electron chi connectivity index (χ1n) is 5.41. The van der Waals surface area contributed by atoms with Gasteiger partial charge < -0.3 is 15.8 Å². The van der Waals surface area contributed by atoms with Crippen LogP contribution >= 0.6 is 24.0 Å². The van der Waals surface area contributed by atoms with Crippen LogP contribution in [0.5, 0.6) is 0 Å². The second-order valence-electron chi connectivity index (χ2n) is 3.83. The Labute approximate surface area is 124 Å². The average Bonchev–Trinajstić information content (AvgIpc) is 2.27. The molecular formula is C12H19FIN3O. The van der Waals surface area contributed by atoms with E-state index in [4.69, 9.17) is 10.5 Å². The Hall–Kier alpha value is -0.890. The fraction of sp³-hybridized carbons (Fsp3) is 0.417. The van der Waals surface area contributed by atoms with Crippen molar-refractivity contribution >= 4 is 29.9 Å². The van der Waals surface area contributed by atoms with Gasteiger partial charge in [0.25, 0.3) is 0 Å². The topological polar surface area (TPSA) is 59.6 Å². The molecule has 1 aromatic carbocycles. The standard InChI is InChI=1S/C12H18FN3O.HI/c1-9(8-17-2)16-12(14)15-7-10-4-3-5-11(13)6-10;/h3-6,9H,7-8H2,1-2H3,(H3,14,15,16);1H. The Morgan fingerprint density at radius 1 is 1.56 bits per heavy atom. The van der Waals surface area contributed by atoms with E-state index in [0.717, 1.165) is 5.56 Å². The number of ether oxygens (including phenoxy) is 1. The Morgan fingerprint density at radius 3 is 2.89 bits per heavy atom. The van der Waals surface area contributed by atoms with Crippen molar-refractivity contribution in [3.8, 4) is 0 Å². The molecule has 6 heteroatoms. The van der Waals surface area contributed by atoms with Crippen molar-refractivity contribution < 1.29 is 9.13 Å². The van der Waals surface area contributed by atoms with Crippen LogP contribution in [0.2, 0.25) is 0 Å². The van der Waals surface area contributed by atoms with Crippen molar-refractivity contribution in [1.29, 1.82) is 0 Å². The largest absolute Gasteiger partial charge is 0.383 e. The van der Waals surface area contributed by atoms with Crippen LogP contribution in [0, 0.1) is 5.82 Å². The second kappa shape index (κ2) is 9.09.